The number of aromatic hydroxyl groups is 1. The zero-order valence-corrected chi connectivity index (χ0v) is 23.0. The fraction of sp³-hybridized carbons (Fsp3) is 0.387. The summed E-state index contributed by atoms with van der Waals surface area (Å²) in [5, 5.41) is 20.4. The van der Waals surface area contributed by atoms with Gasteiger partial charge in [-0.1, -0.05) is 18.2 Å². The second-order valence-corrected chi connectivity index (χ2v) is 10.1. The number of aliphatic hydroxyl groups excluding tert-OH is 1. The zero-order valence-electron chi connectivity index (χ0n) is 23.0. The first-order valence-corrected chi connectivity index (χ1v) is 13.1. The van der Waals surface area contributed by atoms with Gasteiger partial charge in [0.2, 0.25) is 0 Å². The van der Waals surface area contributed by atoms with Gasteiger partial charge in [0, 0.05) is 11.5 Å². The minimum atomic E-state index is -0.507. The Kier molecular flexibility index (Phi) is 7.93. The van der Waals surface area contributed by atoms with E-state index in [1.807, 2.05) is 30.3 Å². The van der Waals surface area contributed by atoms with Gasteiger partial charge < -0.3 is 38.6 Å². The van der Waals surface area contributed by atoms with Gasteiger partial charge in [0.05, 0.1) is 53.5 Å². The van der Waals surface area contributed by atoms with Gasteiger partial charge in [-0.2, -0.15) is 0 Å². The lowest BCUT2D eigenvalue weighted by molar-refractivity contribution is -0.141. The second kappa shape index (κ2) is 11.6. The van der Waals surface area contributed by atoms with E-state index in [-0.39, 0.29) is 36.1 Å². The van der Waals surface area contributed by atoms with Crippen molar-refractivity contribution in [3.8, 4) is 34.5 Å². The third-order valence-corrected chi connectivity index (χ3v) is 7.81. The number of carbonyl (C=O) groups is 1. The second-order valence-electron chi connectivity index (χ2n) is 10.1. The lowest BCUT2D eigenvalue weighted by atomic mass is 9.83. The normalized spacial score (nSPS) is 21.4. The first-order valence-electron chi connectivity index (χ1n) is 13.1. The third kappa shape index (κ3) is 5.09. The van der Waals surface area contributed by atoms with Crippen LogP contribution in [0.5, 0.6) is 34.5 Å². The molecule has 0 radical (unpaired) electrons. The van der Waals surface area contributed by atoms with Crippen molar-refractivity contribution in [3.63, 3.8) is 0 Å². The first kappa shape index (κ1) is 27.5. The van der Waals surface area contributed by atoms with Crippen LogP contribution in [0.3, 0.4) is 0 Å². The van der Waals surface area contributed by atoms with E-state index >= 15 is 0 Å². The van der Waals surface area contributed by atoms with E-state index in [4.69, 9.17) is 28.4 Å². The Bertz CT molecular complexity index is 1390. The lowest BCUT2D eigenvalue weighted by Gasteiger charge is -2.19. The summed E-state index contributed by atoms with van der Waals surface area (Å²) in [6.07, 6.45) is 0.593. The molecule has 4 atom stereocenters. The van der Waals surface area contributed by atoms with E-state index in [0.29, 0.717) is 48.2 Å². The maximum atomic E-state index is 12.8. The lowest BCUT2D eigenvalue weighted by Crippen LogP contribution is -2.21. The van der Waals surface area contributed by atoms with Crippen LogP contribution in [-0.2, 0) is 22.4 Å². The molecule has 0 saturated carbocycles. The summed E-state index contributed by atoms with van der Waals surface area (Å²) in [5.74, 6) is 1.74. The number of carbonyl (C=O) groups excluding carboxylic acids is 1. The van der Waals surface area contributed by atoms with Crippen LogP contribution in [0.4, 0.5) is 0 Å². The van der Waals surface area contributed by atoms with E-state index in [2.05, 4.69) is 0 Å². The molecule has 5 rings (SSSR count). The van der Waals surface area contributed by atoms with Crippen molar-refractivity contribution < 1.29 is 43.4 Å². The van der Waals surface area contributed by atoms with Crippen molar-refractivity contribution in [1.29, 1.82) is 0 Å². The summed E-state index contributed by atoms with van der Waals surface area (Å²) < 4.78 is 33.6. The molecule has 1 fully saturated rings. The largest absolute Gasteiger partial charge is 0.504 e. The highest BCUT2D eigenvalue weighted by molar-refractivity contribution is 5.75. The summed E-state index contributed by atoms with van der Waals surface area (Å²) in [6, 6.07) is 14.6. The number of benzene rings is 3. The summed E-state index contributed by atoms with van der Waals surface area (Å²) in [4.78, 5) is 12.8. The molecule has 2 N–H and O–H groups in total. The van der Waals surface area contributed by atoms with Crippen LogP contribution in [0.2, 0.25) is 0 Å². The number of esters is 1. The standard InChI is InChI=1S/C31H34O9/c1-35-25-8-5-17(12-27(25)37-3)9-20-16-39-31(34)21(20)10-18-11-22-23(15-32)29(40-30(22)28(13-18)38-4)19-6-7-24(33)26(14-19)36-2/h5-8,11-14,20-21,23,29,32-33H,9-10,15-16H2,1-4H3/t20-,21-,23+,29-/m1/s1. The first-order chi connectivity index (χ1) is 19.4. The fourth-order valence-corrected chi connectivity index (χ4v) is 5.71. The Balaban J connectivity index is 1.41. The van der Waals surface area contributed by atoms with Crippen molar-refractivity contribution in [2.45, 2.75) is 24.9 Å². The van der Waals surface area contributed by atoms with Crippen molar-refractivity contribution in [2.24, 2.45) is 11.8 Å². The molecule has 40 heavy (non-hydrogen) atoms. The highest BCUT2D eigenvalue weighted by atomic mass is 16.5. The monoisotopic (exact) mass is 550 g/mol. The minimum absolute atomic E-state index is 0.0213. The summed E-state index contributed by atoms with van der Waals surface area (Å²) >= 11 is 0. The summed E-state index contributed by atoms with van der Waals surface area (Å²) in [6.45, 7) is 0.175. The molecule has 2 heterocycles. The molecule has 0 aromatic heterocycles. The zero-order chi connectivity index (χ0) is 28.4. The van der Waals surface area contributed by atoms with Crippen molar-refractivity contribution >= 4 is 5.97 Å². The molecule has 0 bridgehead atoms. The van der Waals surface area contributed by atoms with Gasteiger partial charge in [-0.05, 0) is 59.9 Å². The van der Waals surface area contributed by atoms with Gasteiger partial charge in [-0.15, -0.1) is 0 Å². The molecule has 2 aliphatic rings. The third-order valence-electron chi connectivity index (χ3n) is 7.81. The molecule has 1 saturated heterocycles. The predicted octanol–water partition coefficient (Wildman–Crippen LogP) is 4.21. The van der Waals surface area contributed by atoms with Crippen LogP contribution >= 0.6 is 0 Å². The van der Waals surface area contributed by atoms with Gasteiger partial charge in [0.25, 0.3) is 0 Å². The Morgan fingerprint density at radius 3 is 2.23 bits per heavy atom. The van der Waals surface area contributed by atoms with Crippen molar-refractivity contribution in [3.05, 3.63) is 70.8 Å². The Labute approximate surface area is 233 Å². The van der Waals surface area contributed by atoms with Crippen molar-refractivity contribution in [1.82, 2.24) is 0 Å². The van der Waals surface area contributed by atoms with Crippen LogP contribution in [0.15, 0.2) is 48.5 Å². The highest BCUT2D eigenvalue weighted by Gasteiger charge is 2.40. The van der Waals surface area contributed by atoms with E-state index in [1.165, 1.54) is 7.11 Å². The number of hydrogen-bond donors (Lipinski definition) is 2. The Morgan fingerprint density at radius 1 is 0.800 bits per heavy atom. The van der Waals surface area contributed by atoms with Gasteiger partial charge in [-0.25, -0.2) is 0 Å². The number of aliphatic hydroxyl groups is 1. The molecule has 0 spiro atoms. The smallest absolute Gasteiger partial charge is 0.309 e. The number of ether oxygens (including phenoxy) is 6. The number of hydrogen-bond acceptors (Lipinski definition) is 9. The van der Waals surface area contributed by atoms with Crippen molar-refractivity contribution in [2.75, 3.05) is 41.7 Å². The van der Waals surface area contributed by atoms with Crippen LogP contribution < -0.4 is 23.7 Å². The number of phenols is 1. The molecule has 9 nitrogen and oxygen atoms in total. The Morgan fingerprint density at radius 2 is 1.52 bits per heavy atom. The fourth-order valence-electron chi connectivity index (χ4n) is 5.71. The summed E-state index contributed by atoms with van der Waals surface area (Å²) in [5.41, 5.74) is 3.47. The molecular formula is C31H34O9. The number of fused-ring (bicyclic) bond motifs is 1. The topological polar surface area (TPSA) is 113 Å². The van der Waals surface area contributed by atoms with Gasteiger partial charge in [-0.3, -0.25) is 4.79 Å². The number of methoxy groups -OCH3 is 4. The summed E-state index contributed by atoms with van der Waals surface area (Å²) in [7, 11) is 6.24. The van der Waals surface area contributed by atoms with Crippen LogP contribution in [0.1, 0.15) is 34.3 Å². The number of rotatable bonds is 10. The van der Waals surface area contributed by atoms with E-state index in [9.17, 15) is 15.0 Å². The quantitative estimate of drug-likeness (QED) is 0.359. The number of phenolic OH excluding ortho intramolecular Hbond substituents is 1. The average molecular weight is 551 g/mol. The number of cyclic esters (lactones) is 1. The van der Waals surface area contributed by atoms with E-state index in [1.54, 1.807) is 39.5 Å². The van der Waals surface area contributed by atoms with Gasteiger partial charge in [0.15, 0.2) is 34.5 Å². The molecule has 3 aromatic carbocycles. The van der Waals surface area contributed by atoms with E-state index in [0.717, 1.165) is 22.3 Å². The van der Waals surface area contributed by atoms with Gasteiger partial charge in [0.1, 0.15) is 6.10 Å². The maximum Gasteiger partial charge on any atom is 0.309 e. The van der Waals surface area contributed by atoms with Crippen LogP contribution in [-0.4, -0.2) is 57.8 Å². The molecular weight excluding hydrogens is 516 g/mol. The van der Waals surface area contributed by atoms with Crippen LogP contribution in [0, 0.1) is 11.8 Å². The predicted molar refractivity (Wildman–Crippen MR) is 146 cm³/mol. The van der Waals surface area contributed by atoms with Crippen LogP contribution in [0.25, 0.3) is 0 Å². The maximum absolute atomic E-state index is 12.8. The Hall–Kier alpha value is -4.11. The molecule has 0 unspecified atom stereocenters. The molecule has 3 aromatic rings. The highest BCUT2D eigenvalue weighted by Crippen LogP contribution is 2.51. The molecule has 212 valence electrons. The minimum Gasteiger partial charge on any atom is -0.504 e. The average Bonchev–Trinajstić information content (AvgIpc) is 3.52. The van der Waals surface area contributed by atoms with E-state index < -0.39 is 6.10 Å². The molecule has 2 aliphatic heterocycles. The van der Waals surface area contributed by atoms with Gasteiger partial charge >= 0.3 is 5.97 Å². The molecule has 0 amide bonds. The SMILES string of the molecule is COc1cc([C@H]2Oc3c(OC)cc(C[C@H]4C(=O)OC[C@H]4Cc4ccc(OC)c(OC)c4)cc3[C@@H]2CO)ccc1O. The molecule has 0 aliphatic carbocycles. The molecule has 9 heteroatoms.